The van der Waals surface area contributed by atoms with Crippen LogP contribution in [0, 0.1) is 0 Å². The first-order chi connectivity index (χ1) is 17.6. The van der Waals surface area contributed by atoms with Gasteiger partial charge in [-0.05, 0) is 56.1 Å². The number of thiophene rings is 1. The van der Waals surface area contributed by atoms with E-state index in [4.69, 9.17) is 5.73 Å². The number of hydrogen-bond donors (Lipinski definition) is 3. The van der Waals surface area contributed by atoms with Gasteiger partial charge in [0.2, 0.25) is 10.0 Å². The largest absolute Gasteiger partial charge is 0.351 e. The summed E-state index contributed by atoms with van der Waals surface area (Å²) in [6.45, 7) is 6.29. The second-order valence-electron chi connectivity index (χ2n) is 9.10. The van der Waals surface area contributed by atoms with E-state index < -0.39 is 27.9 Å². The molecule has 37 heavy (non-hydrogen) atoms. The van der Waals surface area contributed by atoms with Gasteiger partial charge < -0.3 is 16.0 Å². The Hall–Kier alpha value is -2.80. The molecule has 0 bridgehead atoms. The molecule has 3 rings (SSSR count). The molecule has 1 aromatic carbocycles. The van der Waals surface area contributed by atoms with Crippen molar-refractivity contribution in [2.45, 2.75) is 57.4 Å². The van der Waals surface area contributed by atoms with Crippen LogP contribution in [0.1, 0.15) is 70.7 Å². The van der Waals surface area contributed by atoms with Crippen LogP contribution < -0.4 is 16.4 Å². The standard InChI is InChI=1S/C25H35N5O5S2/c1-4-6-13-30(14-7-5-2)37(34,35)18-10-8-17(9-11-18)22(31)27-24-21(23(32)28-25(26)33)19-12-15-29(3)16-20(19)36-24/h8-11H,4-7,12-16H2,1-3H3,(H,27,31)(H3,26,28,32,33). The number of nitrogens with two attached hydrogens (primary N) is 1. The first-order valence-electron chi connectivity index (χ1n) is 12.4. The molecule has 1 aromatic heterocycles. The van der Waals surface area contributed by atoms with Crippen LogP contribution in [0.15, 0.2) is 29.2 Å². The highest BCUT2D eigenvalue weighted by Gasteiger charge is 2.29. The normalized spacial score (nSPS) is 13.8. The van der Waals surface area contributed by atoms with E-state index >= 15 is 0 Å². The lowest BCUT2D eigenvalue weighted by Crippen LogP contribution is -2.36. The molecule has 0 saturated carbocycles. The number of fused-ring (bicyclic) bond motifs is 1. The van der Waals surface area contributed by atoms with Crippen LogP contribution >= 0.6 is 11.3 Å². The summed E-state index contributed by atoms with van der Waals surface area (Å²) in [5, 5.41) is 5.20. The Bertz CT molecular complexity index is 1230. The van der Waals surface area contributed by atoms with Gasteiger partial charge in [-0.25, -0.2) is 13.2 Å². The Morgan fingerprint density at radius 1 is 1.05 bits per heavy atom. The number of hydrogen-bond acceptors (Lipinski definition) is 7. The molecule has 0 unspecified atom stereocenters. The first kappa shape index (κ1) is 28.8. The number of nitrogens with one attached hydrogen (secondary N) is 2. The molecule has 2 aromatic rings. The van der Waals surface area contributed by atoms with Gasteiger partial charge in [-0.15, -0.1) is 11.3 Å². The maximum absolute atomic E-state index is 13.2. The summed E-state index contributed by atoms with van der Waals surface area (Å²) in [7, 11) is -1.72. The van der Waals surface area contributed by atoms with Gasteiger partial charge in [0.25, 0.3) is 11.8 Å². The zero-order chi connectivity index (χ0) is 27.2. The number of benzene rings is 1. The van der Waals surface area contributed by atoms with Crippen molar-refractivity contribution in [3.63, 3.8) is 0 Å². The molecular formula is C25H35N5O5S2. The molecule has 12 heteroatoms. The number of sulfonamides is 1. The third kappa shape index (κ3) is 6.95. The van der Waals surface area contributed by atoms with Gasteiger partial charge in [0.1, 0.15) is 5.00 Å². The molecule has 4 N–H and O–H groups in total. The van der Waals surface area contributed by atoms with E-state index in [0.29, 0.717) is 31.1 Å². The number of carbonyl (C=O) groups excluding carboxylic acids is 3. The van der Waals surface area contributed by atoms with E-state index in [9.17, 15) is 22.8 Å². The van der Waals surface area contributed by atoms with E-state index in [-0.39, 0.29) is 16.0 Å². The summed E-state index contributed by atoms with van der Waals surface area (Å²) in [4.78, 5) is 40.3. The second-order valence-corrected chi connectivity index (χ2v) is 12.1. The molecule has 0 aliphatic carbocycles. The highest BCUT2D eigenvalue weighted by Crippen LogP contribution is 2.37. The topological polar surface area (TPSA) is 142 Å². The third-order valence-corrected chi connectivity index (χ3v) is 9.26. The summed E-state index contributed by atoms with van der Waals surface area (Å²) in [5.74, 6) is -1.15. The fraction of sp³-hybridized carbons (Fsp3) is 0.480. The molecule has 0 saturated heterocycles. The smallest absolute Gasteiger partial charge is 0.319 e. The number of unbranched alkanes of at least 4 members (excludes halogenated alkanes) is 2. The Morgan fingerprint density at radius 2 is 1.68 bits per heavy atom. The number of primary amides is 1. The van der Waals surface area contributed by atoms with E-state index in [1.165, 1.54) is 39.9 Å². The lowest BCUT2D eigenvalue weighted by molar-refractivity contribution is 0.0966. The van der Waals surface area contributed by atoms with Gasteiger partial charge in [-0.1, -0.05) is 26.7 Å². The second kappa shape index (κ2) is 12.6. The van der Waals surface area contributed by atoms with Crippen molar-refractivity contribution in [2.75, 3.05) is 32.0 Å². The zero-order valence-electron chi connectivity index (χ0n) is 21.5. The number of urea groups is 1. The lowest BCUT2D eigenvalue weighted by Gasteiger charge is -2.22. The minimum Gasteiger partial charge on any atom is -0.351 e. The number of likely N-dealkylation sites (N-methyl/N-ethyl adjacent to an activating group) is 1. The molecule has 0 spiro atoms. The lowest BCUT2D eigenvalue weighted by atomic mass is 10.0. The zero-order valence-corrected chi connectivity index (χ0v) is 23.1. The molecule has 0 atom stereocenters. The van der Waals surface area contributed by atoms with Crippen LogP contribution in [-0.4, -0.2) is 62.2 Å². The van der Waals surface area contributed by atoms with Gasteiger partial charge in [-0.2, -0.15) is 4.31 Å². The average Bonchev–Trinajstić information content (AvgIpc) is 3.20. The minimum atomic E-state index is -3.68. The molecule has 4 amide bonds. The number of rotatable bonds is 11. The van der Waals surface area contributed by atoms with Crippen LogP contribution in [0.5, 0.6) is 0 Å². The summed E-state index contributed by atoms with van der Waals surface area (Å²) in [6, 6.07) is 4.82. The number of nitrogens with zero attached hydrogens (tertiary/aromatic N) is 2. The van der Waals surface area contributed by atoms with Gasteiger partial charge in [0.15, 0.2) is 0 Å². The van der Waals surface area contributed by atoms with Gasteiger partial charge in [0, 0.05) is 36.6 Å². The van der Waals surface area contributed by atoms with Crippen molar-refractivity contribution in [3.8, 4) is 0 Å². The van der Waals surface area contributed by atoms with Crippen LogP contribution in [0.3, 0.4) is 0 Å². The predicted molar refractivity (Wildman–Crippen MR) is 144 cm³/mol. The van der Waals surface area contributed by atoms with E-state index in [1.807, 2.05) is 20.9 Å². The average molecular weight is 550 g/mol. The monoisotopic (exact) mass is 549 g/mol. The third-order valence-electron chi connectivity index (χ3n) is 6.22. The number of imide groups is 1. The predicted octanol–water partition coefficient (Wildman–Crippen LogP) is 3.39. The molecular weight excluding hydrogens is 514 g/mol. The maximum Gasteiger partial charge on any atom is 0.319 e. The number of anilines is 1. The first-order valence-corrected chi connectivity index (χ1v) is 14.7. The molecule has 1 aliphatic heterocycles. The van der Waals surface area contributed by atoms with Crippen molar-refractivity contribution >= 4 is 44.2 Å². The van der Waals surface area contributed by atoms with Crippen molar-refractivity contribution in [1.29, 1.82) is 0 Å². The summed E-state index contributed by atoms with van der Waals surface area (Å²) >= 11 is 1.28. The minimum absolute atomic E-state index is 0.132. The Labute approximate surface area is 222 Å². The quantitative estimate of drug-likeness (QED) is 0.392. The Balaban J connectivity index is 1.84. The van der Waals surface area contributed by atoms with Crippen LogP contribution in [0.2, 0.25) is 0 Å². The number of carbonyl (C=O) groups is 3. The molecule has 202 valence electrons. The highest BCUT2D eigenvalue weighted by molar-refractivity contribution is 7.89. The number of amides is 4. The van der Waals surface area contributed by atoms with E-state index in [2.05, 4.69) is 15.5 Å². The summed E-state index contributed by atoms with van der Waals surface area (Å²) in [6.07, 6.45) is 3.92. The van der Waals surface area contributed by atoms with Crippen LogP contribution in [0.4, 0.5) is 9.80 Å². The van der Waals surface area contributed by atoms with Crippen LogP contribution in [0.25, 0.3) is 0 Å². The molecule has 2 heterocycles. The van der Waals surface area contributed by atoms with Crippen molar-refractivity contribution in [2.24, 2.45) is 5.73 Å². The van der Waals surface area contributed by atoms with Gasteiger partial charge >= 0.3 is 6.03 Å². The van der Waals surface area contributed by atoms with Gasteiger partial charge in [0.05, 0.1) is 10.5 Å². The Morgan fingerprint density at radius 3 is 2.24 bits per heavy atom. The molecule has 10 nitrogen and oxygen atoms in total. The Kier molecular flexibility index (Phi) is 9.82. The van der Waals surface area contributed by atoms with Crippen molar-refractivity contribution in [3.05, 3.63) is 45.8 Å². The fourth-order valence-corrected chi connectivity index (χ4v) is 7.00. The summed E-state index contributed by atoms with van der Waals surface area (Å²) in [5.41, 5.74) is 6.42. The van der Waals surface area contributed by atoms with E-state index in [0.717, 1.165) is 42.7 Å². The molecule has 0 radical (unpaired) electrons. The van der Waals surface area contributed by atoms with Crippen LogP contribution in [-0.2, 0) is 23.0 Å². The maximum atomic E-state index is 13.2. The summed E-state index contributed by atoms with van der Waals surface area (Å²) < 4.78 is 27.9. The van der Waals surface area contributed by atoms with Crippen molar-refractivity contribution in [1.82, 2.24) is 14.5 Å². The molecule has 0 fully saturated rings. The SMILES string of the molecule is CCCCN(CCCC)S(=O)(=O)c1ccc(C(=O)Nc2sc3c(c2C(=O)NC(N)=O)CCN(C)C3)cc1. The fourth-order valence-electron chi connectivity index (χ4n) is 4.16. The van der Waals surface area contributed by atoms with E-state index in [1.54, 1.807) is 0 Å². The molecule has 1 aliphatic rings. The van der Waals surface area contributed by atoms with Gasteiger partial charge in [-0.3, -0.25) is 14.9 Å². The van der Waals surface area contributed by atoms with Crippen molar-refractivity contribution < 1.29 is 22.8 Å². The highest BCUT2D eigenvalue weighted by atomic mass is 32.2.